The van der Waals surface area contributed by atoms with Crippen LogP contribution in [-0.2, 0) is 31.2 Å². The molecule has 102 valence electrons. The molecule has 0 atom stereocenters. The van der Waals surface area contributed by atoms with Gasteiger partial charge in [0.2, 0.25) is 0 Å². The van der Waals surface area contributed by atoms with Crippen molar-refractivity contribution in [3.8, 4) is 0 Å². The Bertz CT molecular complexity index is 568. The molecule has 0 unspecified atom stereocenters. The zero-order valence-electron chi connectivity index (χ0n) is 10.9. The van der Waals surface area contributed by atoms with Crippen molar-refractivity contribution >= 4 is 10.8 Å². The molecule has 0 radical (unpaired) electrons. The minimum absolute atomic E-state index is 0.0895. The molecule has 4 nitrogen and oxygen atoms in total. The second-order valence-electron chi connectivity index (χ2n) is 4.42. The third-order valence-electron chi connectivity index (χ3n) is 3.32. The molecule has 0 bridgehead atoms. The molecule has 3 N–H and O–H groups in total. The number of aliphatic hydroxyl groups excluding tert-OH is 3. The van der Waals surface area contributed by atoms with E-state index in [1.54, 1.807) is 19.2 Å². The first-order valence-electron chi connectivity index (χ1n) is 6.13. The Morgan fingerprint density at radius 1 is 0.737 bits per heavy atom. The van der Waals surface area contributed by atoms with Gasteiger partial charge in [0.25, 0.3) is 0 Å². The van der Waals surface area contributed by atoms with E-state index in [9.17, 15) is 15.3 Å². The van der Waals surface area contributed by atoms with Gasteiger partial charge in [-0.1, -0.05) is 24.3 Å². The van der Waals surface area contributed by atoms with Crippen LogP contribution in [0.15, 0.2) is 24.3 Å². The molecular formula is C15H18O4. The molecule has 0 aliphatic rings. The summed E-state index contributed by atoms with van der Waals surface area (Å²) in [5.74, 6) is 0. The highest BCUT2D eigenvalue weighted by Gasteiger charge is 2.13. The topological polar surface area (TPSA) is 69.9 Å². The number of methoxy groups -OCH3 is 1. The molecule has 0 saturated heterocycles. The lowest BCUT2D eigenvalue weighted by molar-refractivity contribution is 0.186. The molecule has 0 aliphatic heterocycles. The Morgan fingerprint density at radius 2 is 1.11 bits per heavy atom. The zero-order valence-corrected chi connectivity index (χ0v) is 10.9. The van der Waals surface area contributed by atoms with Crippen molar-refractivity contribution in [3.05, 3.63) is 46.5 Å². The lowest BCUT2D eigenvalue weighted by Gasteiger charge is -2.16. The minimum Gasteiger partial charge on any atom is -0.392 e. The fraction of sp³-hybridized carbons (Fsp3) is 0.333. The van der Waals surface area contributed by atoms with Gasteiger partial charge in [-0.2, -0.15) is 0 Å². The summed E-state index contributed by atoms with van der Waals surface area (Å²) < 4.78 is 5.18. The van der Waals surface area contributed by atoms with E-state index < -0.39 is 0 Å². The number of benzene rings is 2. The van der Waals surface area contributed by atoms with Crippen LogP contribution < -0.4 is 0 Å². The molecule has 19 heavy (non-hydrogen) atoms. The summed E-state index contributed by atoms with van der Waals surface area (Å²) in [6.45, 7) is 0.120. The van der Waals surface area contributed by atoms with Crippen LogP contribution in [0, 0.1) is 0 Å². The fourth-order valence-corrected chi connectivity index (χ4v) is 2.46. The molecule has 0 spiro atoms. The largest absolute Gasteiger partial charge is 0.392 e. The molecule has 0 aromatic heterocycles. The van der Waals surface area contributed by atoms with Gasteiger partial charge < -0.3 is 20.1 Å². The summed E-state index contributed by atoms with van der Waals surface area (Å²) in [5.41, 5.74) is 3.20. The second kappa shape index (κ2) is 6.12. The molecule has 0 saturated carbocycles. The van der Waals surface area contributed by atoms with Gasteiger partial charge in [-0.3, -0.25) is 0 Å². The third kappa shape index (κ3) is 2.48. The SMILES string of the molecule is COCc1ccc(CO)c2c(CO)ccc(CO)c12. The Morgan fingerprint density at radius 3 is 1.47 bits per heavy atom. The number of hydrogen-bond acceptors (Lipinski definition) is 4. The summed E-state index contributed by atoms with van der Waals surface area (Å²) in [6.07, 6.45) is 0. The Hall–Kier alpha value is -1.46. The Kier molecular flexibility index (Phi) is 4.50. The van der Waals surface area contributed by atoms with Gasteiger partial charge in [0, 0.05) is 7.11 Å². The van der Waals surface area contributed by atoms with E-state index in [1.165, 1.54) is 0 Å². The van der Waals surface area contributed by atoms with Crippen molar-refractivity contribution in [1.29, 1.82) is 0 Å². The van der Waals surface area contributed by atoms with Crippen LogP contribution in [0.2, 0.25) is 0 Å². The summed E-state index contributed by atoms with van der Waals surface area (Å²) >= 11 is 0. The average molecular weight is 262 g/mol. The first-order chi connectivity index (χ1) is 9.26. The summed E-state index contributed by atoms with van der Waals surface area (Å²) in [6, 6.07) is 7.30. The van der Waals surface area contributed by atoms with E-state index in [0.29, 0.717) is 6.61 Å². The van der Waals surface area contributed by atoms with Crippen molar-refractivity contribution in [2.75, 3.05) is 7.11 Å². The molecule has 2 aromatic rings. The highest BCUT2D eigenvalue weighted by Crippen LogP contribution is 2.30. The number of rotatable bonds is 5. The average Bonchev–Trinajstić information content (AvgIpc) is 2.46. The van der Waals surface area contributed by atoms with Gasteiger partial charge >= 0.3 is 0 Å². The Balaban J connectivity index is 2.85. The van der Waals surface area contributed by atoms with Crippen molar-refractivity contribution in [2.24, 2.45) is 0 Å². The van der Waals surface area contributed by atoms with Crippen molar-refractivity contribution in [1.82, 2.24) is 0 Å². The van der Waals surface area contributed by atoms with E-state index in [2.05, 4.69) is 0 Å². The van der Waals surface area contributed by atoms with Crippen LogP contribution in [-0.4, -0.2) is 22.4 Å². The summed E-state index contributed by atoms with van der Waals surface area (Å²) in [4.78, 5) is 0. The number of ether oxygens (including phenoxy) is 1. The predicted molar refractivity (Wildman–Crippen MR) is 72.4 cm³/mol. The van der Waals surface area contributed by atoms with Gasteiger partial charge in [0.15, 0.2) is 0 Å². The van der Waals surface area contributed by atoms with Crippen LogP contribution in [0.4, 0.5) is 0 Å². The smallest absolute Gasteiger partial charge is 0.0719 e. The molecule has 2 rings (SSSR count). The molecule has 0 fully saturated rings. The van der Waals surface area contributed by atoms with Crippen molar-refractivity contribution < 1.29 is 20.1 Å². The maximum Gasteiger partial charge on any atom is 0.0719 e. The first-order valence-corrected chi connectivity index (χ1v) is 6.13. The van der Waals surface area contributed by atoms with E-state index in [1.807, 2.05) is 12.1 Å². The number of fused-ring (bicyclic) bond motifs is 1. The monoisotopic (exact) mass is 262 g/mol. The lowest BCUT2D eigenvalue weighted by Crippen LogP contribution is -2.01. The van der Waals surface area contributed by atoms with Gasteiger partial charge in [-0.15, -0.1) is 0 Å². The molecule has 4 heteroatoms. The van der Waals surface area contributed by atoms with E-state index in [0.717, 1.165) is 33.0 Å². The Labute approximate surface area is 111 Å². The highest BCUT2D eigenvalue weighted by molar-refractivity contribution is 5.94. The quantitative estimate of drug-likeness (QED) is 0.763. The van der Waals surface area contributed by atoms with E-state index in [4.69, 9.17) is 4.74 Å². The first kappa shape index (κ1) is 14.0. The minimum atomic E-state index is -0.106. The van der Waals surface area contributed by atoms with Gasteiger partial charge in [0.05, 0.1) is 26.4 Å². The normalized spacial score (nSPS) is 11.2. The molecule has 0 heterocycles. The lowest BCUT2D eigenvalue weighted by atomic mass is 9.92. The standard InChI is InChI=1S/C15H18O4/c1-19-9-13-5-4-11(7-17)14-10(6-16)2-3-12(8-18)15(13)14/h2-5,16-18H,6-9H2,1H3. The second-order valence-corrected chi connectivity index (χ2v) is 4.42. The summed E-state index contributed by atoms with van der Waals surface area (Å²) in [5, 5.41) is 30.1. The molecule has 0 amide bonds. The third-order valence-corrected chi connectivity index (χ3v) is 3.32. The van der Waals surface area contributed by atoms with Crippen molar-refractivity contribution in [2.45, 2.75) is 26.4 Å². The molecular weight excluding hydrogens is 244 g/mol. The van der Waals surface area contributed by atoms with Crippen molar-refractivity contribution in [3.63, 3.8) is 0 Å². The van der Waals surface area contributed by atoms with Crippen LogP contribution in [0.25, 0.3) is 10.8 Å². The summed E-state index contributed by atoms with van der Waals surface area (Å²) in [7, 11) is 1.61. The van der Waals surface area contributed by atoms with Crippen LogP contribution in [0.5, 0.6) is 0 Å². The predicted octanol–water partition coefficient (Wildman–Crippen LogP) is 1.46. The van der Waals surface area contributed by atoms with Gasteiger partial charge in [-0.25, -0.2) is 0 Å². The maximum atomic E-state index is 9.49. The van der Waals surface area contributed by atoms with Gasteiger partial charge in [-0.05, 0) is 33.0 Å². The van der Waals surface area contributed by atoms with Crippen LogP contribution in [0.1, 0.15) is 22.3 Å². The molecule has 0 aliphatic carbocycles. The number of hydrogen-bond donors (Lipinski definition) is 3. The fourth-order valence-electron chi connectivity index (χ4n) is 2.46. The van der Waals surface area contributed by atoms with E-state index in [-0.39, 0.29) is 19.8 Å². The zero-order chi connectivity index (χ0) is 13.8. The van der Waals surface area contributed by atoms with Crippen LogP contribution in [0.3, 0.4) is 0 Å². The number of aliphatic hydroxyl groups is 3. The van der Waals surface area contributed by atoms with E-state index >= 15 is 0 Å². The maximum absolute atomic E-state index is 9.49. The van der Waals surface area contributed by atoms with Crippen LogP contribution >= 0.6 is 0 Å². The molecule has 2 aromatic carbocycles. The highest BCUT2D eigenvalue weighted by atomic mass is 16.5. The van der Waals surface area contributed by atoms with Gasteiger partial charge in [0.1, 0.15) is 0 Å².